The van der Waals surface area contributed by atoms with E-state index < -0.39 is 0 Å². The number of hydrogen-bond donors (Lipinski definition) is 2. The number of amides is 2. The second kappa shape index (κ2) is 8.14. The van der Waals surface area contributed by atoms with Crippen LogP contribution in [0.15, 0.2) is 65.8 Å². The number of hydrazone groups is 1. The molecule has 0 aliphatic heterocycles. The van der Waals surface area contributed by atoms with Gasteiger partial charge in [0.15, 0.2) is 0 Å². The third kappa shape index (κ3) is 4.30. The summed E-state index contributed by atoms with van der Waals surface area (Å²) in [5.41, 5.74) is 4.23. The van der Waals surface area contributed by atoms with Gasteiger partial charge < -0.3 is 10.1 Å². The third-order valence-electron chi connectivity index (χ3n) is 3.96. The lowest BCUT2D eigenvalue weighted by Gasteiger charge is -2.08. The molecule has 6 nitrogen and oxygen atoms in total. The minimum atomic E-state index is -0.377. The van der Waals surface area contributed by atoms with Gasteiger partial charge in [0.1, 0.15) is 5.75 Å². The molecule has 3 aromatic rings. The molecule has 0 aliphatic carbocycles. The highest BCUT2D eigenvalue weighted by Gasteiger charge is 2.08. The van der Waals surface area contributed by atoms with Crippen LogP contribution in [-0.4, -0.2) is 25.1 Å². The summed E-state index contributed by atoms with van der Waals surface area (Å²) >= 11 is 0. The number of methoxy groups -OCH3 is 1. The Bertz CT molecular complexity index is 1030. The maximum absolute atomic E-state index is 12.3. The molecule has 3 aromatic carbocycles. The summed E-state index contributed by atoms with van der Waals surface area (Å²) in [5, 5.41) is 8.74. The average Bonchev–Trinajstić information content (AvgIpc) is 2.67. The van der Waals surface area contributed by atoms with E-state index in [4.69, 9.17) is 4.74 Å². The van der Waals surface area contributed by atoms with E-state index in [1.807, 2.05) is 36.4 Å². The highest BCUT2D eigenvalue weighted by atomic mass is 16.5. The molecule has 0 saturated carbocycles. The molecule has 0 aliphatic rings. The first-order valence-electron chi connectivity index (χ1n) is 8.35. The van der Waals surface area contributed by atoms with Crippen LogP contribution in [0.3, 0.4) is 0 Å². The lowest BCUT2D eigenvalue weighted by molar-refractivity contribution is -0.114. The summed E-state index contributed by atoms with van der Waals surface area (Å²) in [4.78, 5) is 23.5. The molecular weight excluding hydrogens is 342 g/mol. The zero-order valence-electron chi connectivity index (χ0n) is 15.0. The molecule has 0 fully saturated rings. The van der Waals surface area contributed by atoms with Gasteiger partial charge in [-0.25, -0.2) is 5.43 Å². The number of nitrogens with one attached hydrogen (secondary N) is 2. The van der Waals surface area contributed by atoms with E-state index in [1.165, 1.54) is 6.92 Å². The van der Waals surface area contributed by atoms with Crippen molar-refractivity contribution in [1.82, 2.24) is 5.43 Å². The van der Waals surface area contributed by atoms with Crippen molar-refractivity contribution in [3.05, 3.63) is 71.8 Å². The summed E-state index contributed by atoms with van der Waals surface area (Å²) in [6.45, 7) is 1.41. The second-order valence-corrected chi connectivity index (χ2v) is 5.86. The first-order chi connectivity index (χ1) is 13.1. The lowest BCUT2D eigenvalue weighted by Crippen LogP contribution is -2.18. The minimum absolute atomic E-state index is 0.200. The number of hydrogen-bond acceptors (Lipinski definition) is 4. The molecule has 0 unspecified atom stereocenters. The van der Waals surface area contributed by atoms with Gasteiger partial charge in [0.05, 0.1) is 13.3 Å². The standard InChI is InChI=1S/C21H19N3O3/c1-14(25)23-17-8-5-7-16(12-17)21(26)24-22-13-19-18-9-4-3-6-15(18)10-11-20(19)27-2/h3-13H,1-2H3,(H,23,25)(H,24,26)/b22-13-. The quantitative estimate of drug-likeness (QED) is 0.538. The number of carbonyl (C=O) groups excluding carboxylic acids is 2. The maximum atomic E-state index is 12.3. The molecule has 3 rings (SSSR count). The number of benzene rings is 3. The SMILES string of the molecule is COc1ccc2ccccc2c1/C=N\NC(=O)c1cccc(NC(C)=O)c1. The van der Waals surface area contributed by atoms with Crippen LogP contribution in [0.1, 0.15) is 22.8 Å². The predicted molar refractivity (Wildman–Crippen MR) is 106 cm³/mol. The lowest BCUT2D eigenvalue weighted by atomic mass is 10.0. The average molecular weight is 361 g/mol. The number of rotatable bonds is 5. The van der Waals surface area contributed by atoms with E-state index in [2.05, 4.69) is 15.8 Å². The number of fused-ring (bicyclic) bond motifs is 1. The van der Waals surface area contributed by atoms with Crippen molar-refractivity contribution >= 4 is 34.5 Å². The van der Waals surface area contributed by atoms with Gasteiger partial charge in [-0.15, -0.1) is 0 Å². The minimum Gasteiger partial charge on any atom is -0.496 e. The fourth-order valence-electron chi connectivity index (χ4n) is 2.75. The number of nitrogens with zero attached hydrogens (tertiary/aromatic N) is 1. The van der Waals surface area contributed by atoms with Crippen molar-refractivity contribution in [2.45, 2.75) is 6.92 Å². The molecule has 0 saturated heterocycles. The summed E-state index contributed by atoms with van der Waals surface area (Å²) < 4.78 is 5.40. The Balaban J connectivity index is 1.81. The van der Waals surface area contributed by atoms with Gasteiger partial charge in [0, 0.05) is 23.7 Å². The largest absolute Gasteiger partial charge is 0.496 e. The van der Waals surface area contributed by atoms with Crippen molar-refractivity contribution in [3.8, 4) is 5.75 Å². The molecule has 136 valence electrons. The summed E-state index contributed by atoms with van der Waals surface area (Å²) in [7, 11) is 1.59. The topological polar surface area (TPSA) is 79.8 Å². The predicted octanol–water partition coefficient (Wildman–Crippen LogP) is 3.57. The molecule has 2 amide bonds. The first-order valence-corrected chi connectivity index (χ1v) is 8.35. The summed E-state index contributed by atoms with van der Waals surface area (Å²) in [5.74, 6) is 0.0886. The molecule has 27 heavy (non-hydrogen) atoms. The number of ether oxygens (including phenoxy) is 1. The Labute approximate surface area is 156 Å². The number of carbonyl (C=O) groups is 2. The zero-order valence-corrected chi connectivity index (χ0v) is 15.0. The highest BCUT2D eigenvalue weighted by molar-refractivity contribution is 6.03. The molecule has 0 atom stereocenters. The van der Waals surface area contributed by atoms with Crippen molar-refractivity contribution in [3.63, 3.8) is 0 Å². The fourth-order valence-corrected chi connectivity index (χ4v) is 2.75. The van der Waals surface area contributed by atoms with Gasteiger partial charge in [-0.2, -0.15) is 5.10 Å². The second-order valence-electron chi connectivity index (χ2n) is 5.86. The fraction of sp³-hybridized carbons (Fsp3) is 0.0952. The van der Waals surface area contributed by atoms with Gasteiger partial charge >= 0.3 is 0 Å². The van der Waals surface area contributed by atoms with Crippen LogP contribution in [-0.2, 0) is 4.79 Å². The Morgan fingerprint density at radius 3 is 2.63 bits per heavy atom. The molecular formula is C21H19N3O3. The monoisotopic (exact) mass is 361 g/mol. The van der Waals surface area contributed by atoms with Gasteiger partial charge in [0.2, 0.25) is 5.91 Å². The number of anilines is 1. The van der Waals surface area contributed by atoms with Crippen molar-refractivity contribution in [2.75, 3.05) is 12.4 Å². The van der Waals surface area contributed by atoms with Crippen molar-refractivity contribution in [2.24, 2.45) is 5.10 Å². The third-order valence-corrected chi connectivity index (χ3v) is 3.96. The van der Waals surface area contributed by atoms with E-state index in [1.54, 1.807) is 37.6 Å². The highest BCUT2D eigenvalue weighted by Crippen LogP contribution is 2.26. The normalized spacial score (nSPS) is 10.7. The van der Waals surface area contributed by atoms with E-state index in [0.717, 1.165) is 16.3 Å². The molecule has 0 bridgehead atoms. The molecule has 0 aromatic heterocycles. The molecule has 0 spiro atoms. The first kappa shape index (κ1) is 18.1. The molecule has 0 heterocycles. The Morgan fingerprint density at radius 2 is 1.85 bits per heavy atom. The summed E-state index contributed by atoms with van der Waals surface area (Å²) in [6, 6.07) is 18.3. The molecule has 2 N–H and O–H groups in total. The smallest absolute Gasteiger partial charge is 0.271 e. The van der Waals surface area contributed by atoms with Crippen molar-refractivity contribution < 1.29 is 14.3 Å². The van der Waals surface area contributed by atoms with Crippen LogP contribution in [0.25, 0.3) is 10.8 Å². The summed E-state index contributed by atoms with van der Waals surface area (Å²) in [6.07, 6.45) is 1.57. The van der Waals surface area contributed by atoms with Gasteiger partial charge in [0.25, 0.3) is 5.91 Å². The van der Waals surface area contributed by atoms with Crippen molar-refractivity contribution in [1.29, 1.82) is 0 Å². The maximum Gasteiger partial charge on any atom is 0.271 e. The van der Waals surface area contributed by atoms with Crippen LogP contribution in [0, 0.1) is 0 Å². The molecule has 0 radical (unpaired) electrons. The van der Waals surface area contributed by atoms with E-state index in [0.29, 0.717) is 17.0 Å². The Kier molecular flexibility index (Phi) is 5.47. The Hall–Kier alpha value is -3.67. The van der Waals surface area contributed by atoms with Crippen LogP contribution >= 0.6 is 0 Å². The molecule has 6 heteroatoms. The van der Waals surface area contributed by atoms with E-state index in [-0.39, 0.29) is 11.8 Å². The van der Waals surface area contributed by atoms with Gasteiger partial charge in [-0.05, 0) is 35.0 Å². The van der Waals surface area contributed by atoms with Crippen LogP contribution < -0.4 is 15.5 Å². The zero-order chi connectivity index (χ0) is 19.2. The van der Waals surface area contributed by atoms with E-state index in [9.17, 15) is 9.59 Å². The van der Waals surface area contributed by atoms with E-state index >= 15 is 0 Å². The Morgan fingerprint density at radius 1 is 1.04 bits per heavy atom. The van der Waals surface area contributed by atoms with Crippen LogP contribution in [0.2, 0.25) is 0 Å². The van der Waals surface area contributed by atoms with Crippen LogP contribution in [0.5, 0.6) is 5.75 Å². The van der Waals surface area contributed by atoms with Gasteiger partial charge in [-0.1, -0.05) is 36.4 Å². The van der Waals surface area contributed by atoms with Crippen LogP contribution in [0.4, 0.5) is 5.69 Å². The van der Waals surface area contributed by atoms with Gasteiger partial charge in [-0.3, -0.25) is 9.59 Å².